The van der Waals surface area contributed by atoms with Crippen LogP contribution in [0.5, 0.6) is 0 Å². The summed E-state index contributed by atoms with van der Waals surface area (Å²) in [5.74, 6) is 25.6. The van der Waals surface area contributed by atoms with Gasteiger partial charge in [0, 0.05) is 37.4 Å². The first-order valence-electron chi connectivity index (χ1n) is 9.49. The van der Waals surface area contributed by atoms with Crippen molar-refractivity contribution in [3.8, 4) is 59.2 Å². The van der Waals surface area contributed by atoms with Gasteiger partial charge in [0.1, 0.15) is 0 Å². The second kappa shape index (κ2) is 32.0. The van der Waals surface area contributed by atoms with Crippen molar-refractivity contribution < 1.29 is 23.7 Å². The highest BCUT2D eigenvalue weighted by atomic mass is 16.7. The van der Waals surface area contributed by atoms with Crippen LogP contribution in [0.1, 0.15) is 87.4 Å². The van der Waals surface area contributed by atoms with Gasteiger partial charge in [0.2, 0.25) is 0 Å². The number of ether oxygens (including phenoxy) is 2. The molecule has 0 aliphatic heterocycles. The number of hydrogen-bond donors (Lipinski definition) is 0. The molecule has 0 saturated carbocycles. The van der Waals surface area contributed by atoms with E-state index in [1.54, 1.807) is 13.8 Å². The molecule has 0 heterocycles. The van der Waals surface area contributed by atoms with Crippen LogP contribution >= 0.6 is 0 Å². The van der Waals surface area contributed by atoms with E-state index in [9.17, 15) is 0 Å². The monoisotopic (exact) mass is 404 g/mol. The summed E-state index contributed by atoms with van der Waals surface area (Å²) in [4.78, 5) is 14.0. The summed E-state index contributed by atoms with van der Waals surface area (Å²) < 4.78 is 11.3. The van der Waals surface area contributed by atoms with Crippen LogP contribution in [0.2, 0.25) is 0 Å². The van der Waals surface area contributed by atoms with E-state index in [1.165, 1.54) is 12.8 Å². The van der Waals surface area contributed by atoms with Crippen LogP contribution in [0.25, 0.3) is 0 Å². The summed E-state index contributed by atoms with van der Waals surface area (Å²) in [5, 5.41) is 0. The Morgan fingerprint density at radius 1 is 0.643 bits per heavy atom. The lowest BCUT2D eigenvalue weighted by atomic mass is 10.3. The molecule has 0 aromatic rings. The molecule has 0 spiro atoms. The highest BCUT2D eigenvalue weighted by Gasteiger charge is 2.06. The quantitative estimate of drug-likeness (QED) is 0.217. The molecule has 0 aromatic carbocycles. The van der Waals surface area contributed by atoms with Gasteiger partial charge in [0.15, 0.2) is 6.29 Å². The molecule has 172 valence electrons. The summed E-state index contributed by atoms with van der Waals surface area (Å²) in [6.07, 6.45) is 6.84. The predicted molar refractivity (Wildman–Crippen MR) is 139 cm³/mol. The maximum atomic E-state index is 7.00. The van der Waals surface area contributed by atoms with E-state index >= 15 is 0 Å². The Morgan fingerprint density at radius 3 is 1.29 bits per heavy atom. The molecule has 0 saturated heterocycles. The van der Waals surface area contributed by atoms with Crippen molar-refractivity contribution in [2.75, 3.05) is 13.2 Å². The molecule has 0 bridgehead atoms. The molecule has 0 aromatic heterocycles. The zero-order valence-electron chi connectivity index (χ0n) is 17.9. The van der Waals surface area contributed by atoms with Gasteiger partial charge in [-0.25, -0.2) is 0 Å². The third kappa shape index (κ3) is 31.1. The van der Waals surface area contributed by atoms with Crippen molar-refractivity contribution in [3.63, 3.8) is 0 Å². The van der Waals surface area contributed by atoms with E-state index in [4.69, 9.17) is 19.4 Å². The minimum atomic E-state index is 0. The Morgan fingerprint density at radius 2 is 1.00 bits per heavy atom. The van der Waals surface area contributed by atoms with Gasteiger partial charge < -0.3 is 9.47 Å². The smallest absolute Gasteiger partial charge is 0.157 e. The Balaban J connectivity index is -0.0000000226. The molecule has 0 N–H and O–H groups in total. The molecular weight excluding hydrogens is 352 g/mol. The molecule has 0 unspecified atom stereocenters. The van der Waals surface area contributed by atoms with Crippen molar-refractivity contribution in [1.29, 1.82) is 0 Å². The zero-order chi connectivity index (χ0) is 21.7. The standard InChI is InChI=1S/C12H26O2.C12H6.O2.10H2/c1-4-7-10-13-12(9-6-3)14-11-8-5-2;1-3-5-7-9-11-12-10-8-6-4-2;1-2;;;;;;;;;;/h12H,4-11H2,1-3H3;1-2H3;;10*1H. The number of rotatable bonds is 10. The van der Waals surface area contributed by atoms with Gasteiger partial charge in [-0.15, -0.1) is 0 Å². The maximum absolute atomic E-state index is 7.00. The van der Waals surface area contributed by atoms with Crippen molar-refractivity contribution in [2.45, 2.75) is 79.4 Å². The first-order valence-corrected chi connectivity index (χ1v) is 9.49. The zero-order valence-corrected chi connectivity index (χ0v) is 17.9. The second-order valence-electron chi connectivity index (χ2n) is 5.17. The first-order chi connectivity index (χ1) is 13.8. The van der Waals surface area contributed by atoms with E-state index in [1.807, 2.05) is 0 Å². The van der Waals surface area contributed by atoms with Crippen LogP contribution in [0, 0.1) is 69.1 Å². The second-order valence-corrected chi connectivity index (χ2v) is 5.17. The molecule has 0 radical (unpaired) electrons. The van der Waals surface area contributed by atoms with Crippen molar-refractivity contribution in [3.05, 3.63) is 9.93 Å². The maximum Gasteiger partial charge on any atom is 0.157 e. The van der Waals surface area contributed by atoms with E-state index in [-0.39, 0.29) is 20.6 Å². The SMILES string of the molecule is CC#CC#CC#CC#CC#CC.CCCCOC(CCC)OCCCC.O=O.[HH].[HH].[HH].[HH].[HH].[HH].[HH].[HH].[HH].[HH]. The molecule has 0 amide bonds. The normalized spacial score (nSPS) is 7.36. The molecule has 0 aliphatic carbocycles. The molecule has 4 nitrogen and oxygen atoms in total. The van der Waals surface area contributed by atoms with Crippen LogP contribution in [-0.4, -0.2) is 19.5 Å². The Bertz CT molecular complexity index is 619. The lowest BCUT2D eigenvalue weighted by Gasteiger charge is -2.17. The number of hydrogen-bond acceptors (Lipinski definition) is 4. The summed E-state index contributed by atoms with van der Waals surface area (Å²) in [6, 6.07) is 0. The van der Waals surface area contributed by atoms with Crippen molar-refractivity contribution >= 4 is 0 Å². The molecule has 4 heteroatoms. The minimum Gasteiger partial charge on any atom is -0.353 e. The van der Waals surface area contributed by atoms with Crippen LogP contribution in [-0.2, 0) is 9.47 Å². The highest BCUT2D eigenvalue weighted by molar-refractivity contribution is 5.42. The fourth-order valence-electron chi connectivity index (χ4n) is 1.48. The van der Waals surface area contributed by atoms with Crippen molar-refractivity contribution in [1.82, 2.24) is 0 Å². The predicted octanol–water partition coefficient (Wildman–Crippen LogP) is 7.32. The van der Waals surface area contributed by atoms with Crippen LogP contribution in [0.4, 0.5) is 0 Å². The summed E-state index contributed by atoms with van der Waals surface area (Å²) >= 11 is 0. The third-order valence-electron chi connectivity index (χ3n) is 2.82. The van der Waals surface area contributed by atoms with Crippen LogP contribution in [0.15, 0.2) is 0 Å². The fraction of sp³-hybridized carbons (Fsp3) is 0.583. The molecule has 0 fully saturated rings. The van der Waals surface area contributed by atoms with E-state index in [0.717, 1.165) is 38.9 Å². The Hall–Kier alpha value is -2.68. The molecule has 28 heavy (non-hydrogen) atoms. The fourth-order valence-corrected chi connectivity index (χ4v) is 1.48. The lowest BCUT2D eigenvalue weighted by Crippen LogP contribution is -2.18. The van der Waals surface area contributed by atoms with E-state index in [2.05, 4.69) is 80.0 Å². The van der Waals surface area contributed by atoms with E-state index in [0.29, 0.717) is 0 Å². The van der Waals surface area contributed by atoms with Crippen LogP contribution in [0.3, 0.4) is 0 Å². The van der Waals surface area contributed by atoms with Crippen LogP contribution < -0.4 is 0 Å². The van der Waals surface area contributed by atoms with Gasteiger partial charge in [0.05, 0.1) is 0 Å². The average molecular weight is 405 g/mol. The highest BCUT2D eigenvalue weighted by Crippen LogP contribution is 2.06. The molecule has 0 atom stereocenters. The van der Waals surface area contributed by atoms with Gasteiger partial charge in [-0.2, -0.15) is 0 Å². The van der Waals surface area contributed by atoms with Gasteiger partial charge in [-0.05, 0) is 80.5 Å². The lowest BCUT2D eigenvalue weighted by molar-refractivity contribution is -0.147. The molecular formula is C24H52O4. The number of unbranched alkanes of at least 4 members (excludes halogenated alkanes) is 2. The topological polar surface area (TPSA) is 52.6 Å². The first kappa shape index (κ1) is 30.1. The summed E-state index contributed by atoms with van der Waals surface area (Å²) in [5.41, 5.74) is 0. The molecule has 0 aliphatic rings. The van der Waals surface area contributed by atoms with Gasteiger partial charge in [-0.3, -0.25) is 0 Å². The largest absolute Gasteiger partial charge is 0.353 e. The summed E-state index contributed by atoms with van der Waals surface area (Å²) in [7, 11) is 0. The Kier molecular flexibility index (Phi) is 34.4. The van der Waals surface area contributed by atoms with Gasteiger partial charge in [0.25, 0.3) is 0 Å². The molecule has 0 rings (SSSR count). The average Bonchev–Trinajstić information content (AvgIpc) is 2.72. The third-order valence-corrected chi connectivity index (χ3v) is 2.82. The summed E-state index contributed by atoms with van der Waals surface area (Å²) in [6.45, 7) is 11.6. The minimum absolute atomic E-state index is 0. The van der Waals surface area contributed by atoms with Gasteiger partial charge >= 0.3 is 0 Å². The van der Waals surface area contributed by atoms with E-state index < -0.39 is 0 Å². The van der Waals surface area contributed by atoms with Gasteiger partial charge in [-0.1, -0.05) is 51.9 Å². The van der Waals surface area contributed by atoms with Crippen molar-refractivity contribution in [2.24, 2.45) is 0 Å². The Labute approximate surface area is 186 Å².